The van der Waals surface area contributed by atoms with Crippen molar-refractivity contribution >= 4 is 21.4 Å². The molecule has 0 N–H and O–H groups in total. The van der Waals surface area contributed by atoms with E-state index in [1.807, 2.05) is 0 Å². The molecule has 0 amide bonds. The molecule has 0 bridgehead atoms. The van der Waals surface area contributed by atoms with Crippen LogP contribution in [0.3, 0.4) is 0 Å². The van der Waals surface area contributed by atoms with Gasteiger partial charge in [-0.2, -0.15) is 0 Å². The number of rotatable bonds is 0. The number of nitriles is 3. The molecule has 0 heterocycles. The molecule has 0 unspecified atom stereocenters. The first-order valence-electron chi connectivity index (χ1n) is 2.95. The summed E-state index contributed by atoms with van der Waals surface area (Å²) in [6, 6.07) is 0. The van der Waals surface area contributed by atoms with Gasteiger partial charge in [0, 0.05) is 21.4 Å². The zero-order valence-corrected chi connectivity index (χ0v) is 16.0. The number of hydrogen-bond donors (Lipinski definition) is 0. The Kier molecular flexibility index (Phi) is 63.1. The quantitative estimate of drug-likeness (QED) is 0.384. The van der Waals surface area contributed by atoms with Crippen molar-refractivity contribution in [3.63, 3.8) is 0 Å². The van der Waals surface area contributed by atoms with E-state index in [0.29, 0.717) is 0 Å². The van der Waals surface area contributed by atoms with Crippen molar-refractivity contribution in [3.05, 3.63) is 0 Å². The van der Waals surface area contributed by atoms with Crippen LogP contribution in [-0.2, 0) is 0 Å². The molecular weight excluding hydrogens is 275 g/mol. The van der Waals surface area contributed by atoms with Gasteiger partial charge in [-0.15, -0.1) is 0 Å². The molecule has 18 heavy (non-hydrogen) atoms. The predicted molar refractivity (Wildman–Crippen MR) is 37.4 cm³/mol. The van der Waals surface area contributed by atoms with Gasteiger partial charge < -0.3 is 30.1 Å². The van der Waals surface area contributed by atoms with Gasteiger partial charge in [0.05, 0.1) is 0 Å². The molecule has 0 fully saturated rings. The SMILES string of the molecule is N#CB([O-])[O-].N#CB([O-])[O-].N#CB([O-])[O-].[H+].[H+].[H+].[Na+].[Na+].[Na+]. The van der Waals surface area contributed by atoms with Gasteiger partial charge >= 0.3 is 93.0 Å². The van der Waals surface area contributed by atoms with Crippen molar-refractivity contribution in [2.75, 3.05) is 0 Å². The van der Waals surface area contributed by atoms with Crippen LogP contribution in [0.1, 0.15) is 4.28 Å². The average Bonchev–Trinajstić information content (AvgIpc) is 2.19. The molecule has 0 atom stereocenters. The molecule has 9 nitrogen and oxygen atoms in total. The van der Waals surface area contributed by atoms with Crippen molar-refractivity contribution in [2.45, 2.75) is 0 Å². The Morgan fingerprint density at radius 3 is 0.611 bits per heavy atom. The maximum atomic E-state index is 8.98. The maximum Gasteiger partial charge on any atom is 1.00 e. The van der Waals surface area contributed by atoms with Crippen LogP contribution in [0.2, 0.25) is 0 Å². The van der Waals surface area contributed by atoms with Crippen LogP contribution in [0.5, 0.6) is 0 Å². The Morgan fingerprint density at radius 1 is 0.556 bits per heavy atom. The molecule has 0 aromatic carbocycles. The molecule has 0 aromatic rings. The molecular formula is C3H3B3N3Na3O6. The summed E-state index contributed by atoms with van der Waals surface area (Å²) in [4.78, 5) is 0. The summed E-state index contributed by atoms with van der Waals surface area (Å²) in [5, 5.41) is 75.7. The Hall–Kier alpha value is 1.42. The average molecular weight is 278 g/mol. The van der Waals surface area contributed by atoms with Gasteiger partial charge in [0.15, 0.2) is 0 Å². The molecule has 0 saturated carbocycles. The second-order valence-corrected chi connectivity index (χ2v) is 1.38. The number of nitrogens with zero attached hydrogens (tertiary/aromatic N) is 3. The fourth-order valence-electron chi connectivity index (χ4n) is 0. The zero-order valence-electron chi connectivity index (χ0n) is 13.0. The molecule has 15 heteroatoms. The minimum Gasteiger partial charge on any atom is -0.881 e. The van der Waals surface area contributed by atoms with Gasteiger partial charge in [0.1, 0.15) is 0 Å². The summed E-state index contributed by atoms with van der Waals surface area (Å²) < 4.78 is 0. The summed E-state index contributed by atoms with van der Waals surface area (Å²) in [7, 11) is -6.93. The van der Waals surface area contributed by atoms with Gasteiger partial charge in [-0.1, -0.05) is 0 Å². The van der Waals surface area contributed by atoms with Crippen molar-refractivity contribution in [1.82, 2.24) is 0 Å². The molecule has 0 aliphatic carbocycles. The van der Waals surface area contributed by atoms with Crippen molar-refractivity contribution < 1.29 is 123 Å². The topological polar surface area (TPSA) is 210 Å². The summed E-state index contributed by atoms with van der Waals surface area (Å²) in [5.41, 5.74) is 0. The Morgan fingerprint density at radius 2 is 0.611 bits per heavy atom. The van der Waals surface area contributed by atoms with E-state index in [0.717, 1.165) is 17.9 Å². The largest absolute Gasteiger partial charge is 1.00 e. The van der Waals surface area contributed by atoms with E-state index in [2.05, 4.69) is 0 Å². The van der Waals surface area contributed by atoms with Crippen LogP contribution in [0, 0.1) is 33.7 Å². The van der Waals surface area contributed by atoms with Crippen LogP contribution >= 0.6 is 0 Å². The molecule has 0 saturated heterocycles. The fraction of sp³-hybridized carbons (Fsp3) is 0. The van der Waals surface area contributed by atoms with Crippen molar-refractivity contribution in [2.24, 2.45) is 0 Å². The third-order valence-electron chi connectivity index (χ3n) is 0.316. The van der Waals surface area contributed by atoms with E-state index in [4.69, 9.17) is 45.9 Å². The first kappa shape index (κ1) is 36.6. The molecule has 0 spiro atoms. The van der Waals surface area contributed by atoms with E-state index < -0.39 is 21.4 Å². The molecule has 0 aliphatic heterocycles. The van der Waals surface area contributed by atoms with E-state index in [-0.39, 0.29) is 93.0 Å². The summed E-state index contributed by atoms with van der Waals surface area (Å²) >= 11 is 0. The second-order valence-electron chi connectivity index (χ2n) is 1.38. The van der Waals surface area contributed by atoms with E-state index in [9.17, 15) is 0 Å². The molecule has 0 rings (SSSR count). The van der Waals surface area contributed by atoms with Crippen LogP contribution < -0.4 is 119 Å². The molecule has 78 valence electrons. The molecule has 0 aromatic heterocycles. The van der Waals surface area contributed by atoms with Crippen LogP contribution in [0.15, 0.2) is 0 Å². The first-order valence-corrected chi connectivity index (χ1v) is 2.95. The van der Waals surface area contributed by atoms with E-state index in [1.165, 1.54) is 0 Å². The van der Waals surface area contributed by atoms with Crippen LogP contribution in [0.4, 0.5) is 0 Å². The van der Waals surface area contributed by atoms with Crippen molar-refractivity contribution in [1.29, 1.82) is 15.8 Å². The zero-order chi connectivity index (χ0) is 12.9. The Balaban J connectivity index is -0.0000000129. The fourth-order valence-corrected chi connectivity index (χ4v) is 0. The summed E-state index contributed by atoms with van der Waals surface area (Å²) in [5.74, 6) is 2.75. The molecule has 0 aliphatic rings. The van der Waals surface area contributed by atoms with E-state index >= 15 is 0 Å². The smallest absolute Gasteiger partial charge is 0.881 e. The third kappa shape index (κ3) is 85.3. The van der Waals surface area contributed by atoms with Crippen LogP contribution in [-0.4, -0.2) is 21.4 Å². The van der Waals surface area contributed by atoms with Gasteiger partial charge in [-0.3, -0.25) is 0 Å². The second kappa shape index (κ2) is 31.0. The third-order valence-corrected chi connectivity index (χ3v) is 0.316. The Bertz CT molecular complexity index is 232. The van der Waals surface area contributed by atoms with Crippen LogP contribution in [0.25, 0.3) is 0 Å². The first-order chi connectivity index (χ1) is 6.81. The van der Waals surface area contributed by atoms with Gasteiger partial charge in [-0.05, 0) is 17.9 Å². The number of hydrogen-bond acceptors (Lipinski definition) is 9. The minimum absolute atomic E-state index is 0. The summed E-state index contributed by atoms with van der Waals surface area (Å²) in [6.45, 7) is 0. The standard InChI is InChI=1S/3CBNO2.3Na/c3*3-1-2(4)5;;;/q3*-2;3*+1/p+3. The van der Waals surface area contributed by atoms with E-state index in [1.54, 1.807) is 0 Å². The predicted octanol–water partition coefficient (Wildman–Crippen LogP) is -16.9. The van der Waals surface area contributed by atoms with Gasteiger partial charge in [-0.25, -0.2) is 15.8 Å². The monoisotopic (exact) mass is 279 g/mol. The van der Waals surface area contributed by atoms with Crippen molar-refractivity contribution in [3.8, 4) is 17.9 Å². The van der Waals surface area contributed by atoms with Gasteiger partial charge in [0.25, 0.3) is 0 Å². The summed E-state index contributed by atoms with van der Waals surface area (Å²) in [6.07, 6.45) is 0. The molecule has 0 radical (unpaired) electrons. The van der Waals surface area contributed by atoms with Gasteiger partial charge in [0.2, 0.25) is 0 Å². The minimum atomic E-state index is -2.31. The Labute approximate surface area is 176 Å². The normalized spacial score (nSPS) is 4.83. The maximum absolute atomic E-state index is 8.98.